The lowest BCUT2D eigenvalue weighted by Crippen LogP contribution is -2.25. The molecule has 0 aliphatic heterocycles. The Morgan fingerprint density at radius 3 is 2.73 bits per heavy atom. The molecule has 3 aromatic rings. The molecule has 2 aromatic heterocycles. The molecule has 8 nitrogen and oxygen atoms in total. The predicted octanol–water partition coefficient (Wildman–Crippen LogP) is 1.65. The van der Waals surface area contributed by atoms with Crippen molar-refractivity contribution in [3.05, 3.63) is 65.3 Å². The number of nitrogens with zero attached hydrogens (tertiary/aromatic N) is 4. The Labute approximate surface area is 154 Å². The number of nitrogens with one attached hydrogen (secondary N) is 1. The number of pyridine rings is 1. The Bertz CT molecular complexity index is 1050. The lowest BCUT2D eigenvalue weighted by molar-refractivity contribution is 0.0949. The van der Waals surface area contributed by atoms with Crippen LogP contribution < -0.4 is 5.32 Å². The number of halogens is 1. The number of benzene rings is 1. The fraction of sp³-hybridized carbons (Fsp3) is 0.125. The van der Waals surface area contributed by atoms with Crippen LogP contribution in [0, 0.1) is 0 Å². The van der Waals surface area contributed by atoms with Gasteiger partial charge >= 0.3 is 0 Å². The van der Waals surface area contributed by atoms with Crippen molar-refractivity contribution in [2.24, 2.45) is 0 Å². The van der Waals surface area contributed by atoms with E-state index in [9.17, 15) is 13.2 Å². The van der Waals surface area contributed by atoms with Gasteiger partial charge in [0.25, 0.3) is 5.91 Å². The average Bonchev–Trinajstić information content (AvgIpc) is 3.07. The molecule has 134 valence electrons. The van der Waals surface area contributed by atoms with Crippen molar-refractivity contribution < 1.29 is 13.2 Å². The van der Waals surface area contributed by atoms with Crippen LogP contribution in [0.2, 0.25) is 5.02 Å². The van der Waals surface area contributed by atoms with E-state index in [1.807, 2.05) is 6.07 Å². The van der Waals surface area contributed by atoms with Crippen LogP contribution >= 0.6 is 11.6 Å². The Kier molecular flexibility index (Phi) is 5.01. The van der Waals surface area contributed by atoms with E-state index >= 15 is 0 Å². The maximum absolute atomic E-state index is 12.4. The summed E-state index contributed by atoms with van der Waals surface area (Å²) in [5.41, 5.74) is 0.141. The number of aromatic nitrogens is 4. The van der Waals surface area contributed by atoms with Gasteiger partial charge in [0, 0.05) is 23.0 Å². The standard InChI is InChI=1S/C16H14ClN5O3S/c1-26(24,25)13-7-11(6-12(17)8-13)16(23)19-9-15-20-10-21-22(15)14-4-2-3-5-18-14/h2-8,10H,9H2,1H3,(H,19,23). The van der Waals surface area contributed by atoms with Crippen molar-refractivity contribution in [2.45, 2.75) is 11.4 Å². The molecule has 0 aliphatic carbocycles. The summed E-state index contributed by atoms with van der Waals surface area (Å²) in [7, 11) is -3.48. The molecular weight excluding hydrogens is 378 g/mol. The lowest BCUT2D eigenvalue weighted by atomic mass is 10.2. The molecule has 26 heavy (non-hydrogen) atoms. The van der Waals surface area contributed by atoms with Gasteiger partial charge in [-0.05, 0) is 30.3 Å². The van der Waals surface area contributed by atoms with Crippen molar-refractivity contribution >= 4 is 27.3 Å². The number of sulfone groups is 1. The fourth-order valence-corrected chi connectivity index (χ4v) is 3.21. The van der Waals surface area contributed by atoms with Crippen LogP contribution in [0.3, 0.4) is 0 Å². The molecule has 0 spiro atoms. The van der Waals surface area contributed by atoms with Crippen LogP contribution in [-0.2, 0) is 16.4 Å². The quantitative estimate of drug-likeness (QED) is 0.708. The highest BCUT2D eigenvalue weighted by Crippen LogP contribution is 2.19. The summed E-state index contributed by atoms with van der Waals surface area (Å²) in [4.78, 5) is 20.6. The number of hydrogen-bond acceptors (Lipinski definition) is 6. The summed E-state index contributed by atoms with van der Waals surface area (Å²) in [6.07, 6.45) is 4.03. The van der Waals surface area contributed by atoms with Crippen LogP contribution in [-0.4, -0.2) is 40.3 Å². The van der Waals surface area contributed by atoms with Gasteiger partial charge in [0.15, 0.2) is 21.5 Å². The second kappa shape index (κ2) is 7.22. The SMILES string of the molecule is CS(=O)(=O)c1cc(Cl)cc(C(=O)NCc2ncnn2-c2ccccn2)c1. The maximum atomic E-state index is 12.4. The zero-order chi connectivity index (χ0) is 18.7. The third-order valence-electron chi connectivity index (χ3n) is 3.45. The van der Waals surface area contributed by atoms with Crippen LogP contribution in [0.25, 0.3) is 5.82 Å². The predicted molar refractivity (Wildman–Crippen MR) is 94.9 cm³/mol. The lowest BCUT2D eigenvalue weighted by Gasteiger charge is -2.08. The van der Waals surface area contributed by atoms with Gasteiger partial charge in [-0.15, -0.1) is 0 Å². The molecule has 0 unspecified atom stereocenters. The van der Waals surface area contributed by atoms with Crippen LogP contribution in [0.5, 0.6) is 0 Å². The molecule has 0 bridgehead atoms. The summed E-state index contributed by atoms with van der Waals surface area (Å²) in [6.45, 7) is 0.0795. The van der Waals surface area contributed by atoms with Gasteiger partial charge in [-0.1, -0.05) is 17.7 Å². The third-order valence-corrected chi connectivity index (χ3v) is 4.76. The summed E-state index contributed by atoms with van der Waals surface area (Å²) in [5.74, 6) is 0.562. The second-order valence-corrected chi connectivity index (χ2v) is 7.86. The van der Waals surface area contributed by atoms with Crippen LogP contribution in [0.15, 0.2) is 53.8 Å². The first-order chi connectivity index (χ1) is 12.3. The molecule has 2 heterocycles. The van der Waals surface area contributed by atoms with Gasteiger partial charge in [0.1, 0.15) is 6.33 Å². The van der Waals surface area contributed by atoms with Crippen LogP contribution in [0.4, 0.5) is 0 Å². The van der Waals surface area contributed by atoms with Crippen molar-refractivity contribution in [2.75, 3.05) is 6.26 Å². The number of carbonyl (C=O) groups excluding carboxylic acids is 1. The van der Waals surface area contributed by atoms with E-state index in [0.717, 1.165) is 6.26 Å². The van der Waals surface area contributed by atoms with E-state index in [0.29, 0.717) is 11.6 Å². The minimum absolute atomic E-state index is 0.0215. The van der Waals surface area contributed by atoms with Crippen molar-refractivity contribution in [3.8, 4) is 5.82 Å². The van der Waals surface area contributed by atoms with E-state index in [-0.39, 0.29) is 22.0 Å². The van der Waals surface area contributed by atoms with E-state index in [1.165, 1.54) is 29.2 Å². The van der Waals surface area contributed by atoms with Gasteiger partial charge in [-0.25, -0.2) is 18.4 Å². The zero-order valence-corrected chi connectivity index (χ0v) is 15.2. The Hall–Kier alpha value is -2.78. The minimum Gasteiger partial charge on any atom is -0.345 e. The first-order valence-corrected chi connectivity index (χ1v) is 9.71. The highest BCUT2D eigenvalue weighted by molar-refractivity contribution is 7.90. The van der Waals surface area contributed by atoms with Gasteiger partial charge in [-0.2, -0.15) is 9.78 Å². The smallest absolute Gasteiger partial charge is 0.251 e. The Balaban J connectivity index is 1.79. The first kappa shape index (κ1) is 18.0. The molecule has 0 atom stereocenters. The van der Waals surface area contributed by atoms with Crippen molar-refractivity contribution in [3.63, 3.8) is 0 Å². The molecule has 0 radical (unpaired) electrons. The molecule has 1 aromatic carbocycles. The maximum Gasteiger partial charge on any atom is 0.251 e. The normalized spacial score (nSPS) is 11.3. The number of amides is 1. The monoisotopic (exact) mass is 391 g/mol. The molecular formula is C16H14ClN5O3S. The number of rotatable bonds is 5. The highest BCUT2D eigenvalue weighted by atomic mass is 35.5. The Morgan fingerprint density at radius 1 is 1.23 bits per heavy atom. The van der Waals surface area contributed by atoms with E-state index in [2.05, 4.69) is 20.4 Å². The fourth-order valence-electron chi connectivity index (χ4n) is 2.23. The summed E-state index contributed by atoms with van der Waals surface area (Å²) >= 11 is 5.93. The van der Waals surface area contributed by atoms with Crippen molar-refractivity contribution in [1.29, 1.82) is 0 Å². The highest BCUT2D eigenvalue weighted by Gasteiger charge is 2.15. The van der Waals surface area contributed by atoms with Crippen molar-refractivity contribution in [1.82, 2.24) is 25.1 Å². The van der Waals surface area contributed by atoms with Gasteiger partial charge in [0.2, 0.25) is 0 Å². The molecule has 0 saturated heterocycles. The number of carbonyl (C=O) groups is 1. The third kappa shape index (κ3) is 4.06. The molecule has 1 N–H and O–H groups in total. The molecule has 0 aliphatic rings. The van der Waals surface area contributed by atoms with E-state index < -0.39 is 15.7 Å². The Morgan fingerprint density at radius 2 is 2.04 bits per heavy atom. The van der Waals surface area contributed by atoms with E-state index in [4.69, 9.17) is 11.6 Å². The van der Waals surface area contributed by atoms with E-state index in [1.54, 1.807) is 18.3 Å². The zero-order valence-electron chi connectivity index (χ0n) is 13.6. The second-order valence-electron chi connectivity index (χ2n) is 5.41. The molecule has 10 heteroatoms. The molecule has 1 amide bonds. The first-order valence-electron chi connectivity index (χ1n) is 7.44. The molecule has 0 fully saturated rings. The number of hydrogen-bond donors (Lipinski definition) is 1. The van der Waals surface area contributed by atoms with Crippen LogP contribution in [0.1, 0.15) is 16.2 Å². The van der Waals surface area contributed by atoms with Gasteiger partial charge in [0.05, 0.1) is 11.4 Å². The largest absolute Gasteiger partial charge is 0.345 e. The topological polar surface area (TPSA) is 107 Å². The average molecular weight is 392 g/mol. The minimum atomic E-state index is -3.48. The van der Waals surface area contributed by atoms with Gasteiger partial charge < -0.3 is 5.32 Å². The summed E-state index contributed by atoms with van der Waals surface area (Å²) in [6, 6.07) is 9.32. The molecule has 3 rings (SSSR count). The molecule has 0 saturated carbocycles. The van der Waals surface area contributed by atoms with Gasteiger partial charge in [-0.3, -0.25) is 4.79 Å². The summed E-state index contributed by atoms with van der Waals surface area (Å²) in [5, 5.41) is 6.92. The summed E-state index contributed by atoms with van der Waals surface area (Å²) < 4.78 is 24.9.